The molecule has 8 nitrogen and oxygen atoms in total. The van der Waals surface area contributed by atoms with Gasteiger partial charge in [-0.25, -0.2) is 0 Å². The second-order valence-electron chi connectivity index (χ2n) is 5.04. The third kappa shape index (κ3) is 31.5. The number of para-hydroxylation sites is 1. The molecule has 7 N–H and O–H groups in total. The Balaban J connectivity index is -0.000000115. The number of unbranched alkanes of at least 4 members (excludes halogenated alkanes) is 5. The van der Waals surface area contributed by atoms with E-state index in [-0.39, 0.29) is 49.7 Å². The van der Waals surface area contributed by atoms with E-state index >= 15 is 0 Å². The Kier molecular flexibility index (Phi) is 29.3. The number of aliphatic hydroxyl groups is 2. The first-order chi connectivity index (χ1) is 11.3. The molecule has 26 heavy (non-hydrogen) atoms. The van der Waals surface area contributed by atoms with E-state index in [4.69, 9.17) is 27.7 Å². The van der Waals surface area contributed by atoms with E-state index < -0.39 is 10.4 Å². The molecular weight excluding hydrogens is 375 g/mol. The van der Waals surface area contributed by atoms with Crippen LogP contribution in [0, 0.1) is 0 Å². The number of phenolic OH excluding ortho intramolecular Hbond substituents is 1. The van der Waals surface area contributed by atoms with Gasteiger partial charge in [0.2, 0.25) is 0 Å². The fourth-order valence-corrected chi connectivity index (χ4v) is 1.82. The Bertz CT molecular complexity index is 493. The standard InChI is InChI=1S/C14H22O.C2H6O2.Na.H2O4S.H2O.H/c1-2-3-4-5-6-7-10-13-11-8-9-12-14(13)15;3-1-2-4;;1-5(2,3)4;;/h8-9,11-12,15H,2-7,10H2,1H3;3-4H,1-2H2;;(H2,1,2,3,4);1H2;/q;;+1;;;-1. The first kappa shape index (κ1) is 33.4. The number of benzene rings is 1. The Morgan fingerprint density at radius 3 is 1.77 bits per heavy atom. The molecule has 0 radical (unpaired) electrons. The summed E-state index contributed by atoms with van der Waals surface area (Å²) in [4.78, 5) is 0. The van der Waals surface area contributed by atoms with Crippen LogP contribution in [-0.2, 0) is 16.8 Å². The van der Waals surface area contributed by atoms with Crippen molar-refractivity contribution in [3.8, 4) is 5.75 Å². The quantitative estimate of drug-likeness (QED) is 0.207. The van der Waals surface area contributed by atoms with E-state index in [0.717, 1.165) is 12.0 Å². The van der Waals surface area contributed by atoms with Gasteiger partial charge in [-0.15, -0.1) is 0 Å². The van der Waals surface area contributed by atoms with E-state index in [9.17, 15) is 5.11 Å². The number of hydrogen-bond donors (Lipinski definition) is 5. The Hall–Kier alpha value is -0.230. The van der Waals surface area contributed by atoms with Crippen LogP contribution in [0.15, 0.2) is 24.3 Å². The minimum atomic E-state index is -4.67. The van der Waals surface area contributed by atoms with Gasteiger partial charge in [0.05, 0.1) is 13.2 Å². The Morgan fingerprint density at radius 2 is 1.35 bits per heavy atom. The maximum absolute atomic E-state index is 9.55. The molecule has 0 aliphatic heterocycles. The summed E-state index contributed by atoms with van der Waals surface area (Å²) in [5.41, 5.74) is 1.09. The minimum absolute atomic E-state index is 0. The van der Waals surface area contributed by atoms with Crippen LogP contribution in [0.1, 0.15) is 52.4 Å². The number of aromatic hydroxyl groups is 1. The van der Waals surface area contributed by atoms with E-state index in [0.29, 0.717) is 5.75 Å². The molecule has 0 fully saturated rings. The molecule has 0 aliphatic rings. The van der Waals surface area contributed by atoms with Crippen molar-refractivity contribution >= 4 is 10.4 Å². The number of aliphatic hydroxyl groups excluding tert-OH is 2. The monoisotopic (exact) mass is 408 g/mol. The summed E-state index contributed by atoms with van der Waals surface area (Å²) in [6.07, 6.45) is 8.85. The van der Waals surface area contributed by atoms with Crippen molar-refractivity contribution in [2.45, 2.75) is 51.9 Å². The second-order valence-corrected chi connectivity index (χ2v) is 5.94. The number of rotatable bonds is 8. The van der Waals surface area contributed by atoms with Crippen LogP contribution >= 0.6 is 0 Å². The van der Waals surface area contributed by atoms with Gasteiger partial charge in [0.25, 0.3) is 0 Å². The van der Waals surface area contributed by atoms with Gasteiger partial charge in [-0.3, -0.25) is 9.11 Å². The molecule has 0 saturated carbocycles. The molecule has 0 saturated heterocycles. The summed E-state index contributed by atoms with van der Waals surface area (Å²) in [7, 11) is -4.67. The predicted molar refractivity (Wildman–Crippen MR) is 98.3 cm³/mol. The normalized spacial score (nSPS) is 9.42. The molecule has 1 aromatic rings. The maximum Gasteiger partial charge on any atom is 1.00 e. The summed E-state index contributed by atoms with van der Waals surface area (Å²) in [5.74, 6) is 0.450. The largest absolute Gasteiger partial charge is 1.00 e. The van der Waals surface area contributed by atoms with Gasteiger partial charge in [-0.1, -0.05) is 57.2 Å². The molecule has 0 unspecified atom stereocenters. The van der Waals surface area contributed by atoms with Crippen LogP contribution in [0.4, 0.5) is 0 Å². The molecule has 0 aromatic heterocycles. The topological polar surface area (TPSA) is 167 Å². The van der Waals surface area contributed by atoms with Crippen molar-refractivity contribution in [1.29, 1.82) is 0 Å². The van der Waals surface area contributed by atoms with Crippen molar-refractivity contribution in [2.24, 2.45) is 0 Å². The molecule has 1 aromatic carbocycles. The van der Waals surface area contributed by atoms with Crippen LogP contribution < -0.4 is 29.6 Å². The van der Waals surface area contributed by atoms with Crippen molar-refractivity contribution < 1.29 is 69.3 Å². The molecule has 0 atom stereocenters. The van der Waals surface area contributed by atoms with Crippen LogP contribution in [0.25, 0.3) is 0 Å². The summed E-state index contributed by atoms with van der Waals surface area (Å²) in [6, 6.07) is 7.65. The summed E-state index contributed by atoms with van der Waals surface area (Å²) < 4.78 is 31.6. The third-order valence-corrected chi connectivity index (χ3v) is 2.89. The SMILES string of the molecule is CCCCCCCCc1ccccc1O.O.O=S(=O)(O)O.OCCO.[H-].[Na+]. The molecule has 152 valence electrons. The number of hydrogen-bond acceptors (Lipinski definition) is 5. The molecule has 10 heteroatoms. The van der Waals surface area contributed by atoms with Crippen LogP contribution in [-0.4, -0.2) is 51.5 Å². The van der Waals surface area contributed by atoms with Crippen molar-refractivity contribution in [1.82, 2.24) is 0 Å². The van der Waals surface area contributed by atoms with Gasteiger partial charge >= 0.3 is 40.0 Å². The Morgan fingerprint density at radius 1 is 0.923 bits per heavy atom. The predicted octanol–water partition coefficient (Wildman–Crippen LogP) is -1.09. The Labute approximate surface area is 179 Å². The zero-order valence-electron chi connectivity index (χ0n) is 16.6. The molecule has 0 spiro atoms. The molecular formula is C16H33NaO8S. The van der Waals surface area contributed by atoms with Gasteiger partial charge < -0.3 is 22.2 Å². The summed E-state index contributed by atoms with van der Waals surface area (Å²) >= 11 is 0. The number of phenols is 1. The smallest absolute Gasteiger partial charge is 1.00 e. The second kappa shape index (κ2) is 22.8. The molecule has 0 heterocycles. The van der Waals surface area contributed by atoms with Gasteiger partial charge in [-0.2, -0.15) is 8.42 Å². The van der Waals surface area contributed by atoms with E-state index in [2.05, 4.69) is 6.92 Å². The van der Waals surface area contributed by atoms with Crippen molar-refractivity contribution in [2.75, 3.05) is 13.2 Å². The number of aryl methyl sites for hydroxylation is 1. The van der Waals surface area contributed by atoms with Crippen LogP contribution in [0.3, 0.4) is 0 Å². The van der Waals surface area contributed by atoms with E-state index in [1.165, 1.54) is 38.5 Å². The third-order valence-electron chi connectivity index (χ3n) is 2.89. The van der Waals surface area contributed by atoms with Gasteiger partial charge in [0.15, 0.2) is 0 Å². The molecule has 0 amide bonds. The zero-order chi connectivity index (χ0) is 18.8. The van der Waals surface area contributed by atoms with Gasteiger partial charge in [0.1, 0.15) is 5.75 Å². The molecule has 0 bridgehead atoms. The first-order valence-corrected chi connectivity index (χ1v) is 9.34. The van der Waals surface area contributed by atoms with Crippen molar-refractivity contribution in [3.05, 3.63) is 29.8 Å². The van der Waals surface area contributed by atoms with Gasteiger partial charge in [-0.05, 0) is 24.5 Å². The average molecular weight is 408 g/mol. The summed E-state index contributed by atoms with van der Waals surface area (Å²) in [6.45, 7) is 1.99. The molecule has 1 rings (SSSR count). The fourth-order valence-electron chi connectivity index (χ4n) is 1.82. The van der Waals surface area contributed by atoms with Crippen LogP contribution in [0.2, 0.25) is 0 Å². The van der Waals surface area contributed by atoms with E-state index in [1.54, 1.807) is 6.07 Å². The average Bonchev–Trinajstić information content (AvgIpc) is 2.51. The molecule has 0 aliphatic carbocycles. The fraction of sp³-hybridized carbons (Fsp3) is 0.625. The van der Waals surface area contributed by atoms with Crippen LogP contribution in [0.5, 0.6) is 5.75 Å². The summed E-state index contributed by atoms with van der Waals surface area (Å²) in [5, 5.41) is 24.8. The minimum Gasteiger partial charge on any atom is -1.00 e. The zero-order valence-corrected chi connectivity index (χ0v) is 18.5. The maximum atomic E-state index is 9.55. The first-order valence-electron chi connectivity index (χ1n) is 7.94. The van der Waals surface area contributed by atoms with E-state index in [1.807, 2.05) is 18.2 Å². The van der Waals surface area contributed by atoms with Crippen molar-refractivity contribution in [3.63, 3.8) is 0 Å². The van der Waals surface area contributed by atoms with Gasteiger partial charge in [0, 0.05) is 0 Å².